The van der Waals surface area contributed by atoms with Gasteiger partial charge in [0.25, 0.3) is 0 Å². The van der Waals surface area contributed by atoms with Gasteiger partial charge in [-0.25, -0.2) is 13.4 Å². The fourth-order valence-electron chi connectivity index (χ4n) is 2.21. The van der Waals surface area contributed by atoms with E-state index in [9.17, 15) is 13.2 Å². The molecule has 5 nitrogen and oxygen atoms in total. The highest BCUT2D eigenvalue weighted by atomic mass is 32.2. The van der Waals surface area contributed by atoms with Crippen LogP contribution in [0.1, 0.15) is 31.2 Å². The normalized spacial score (nSPS) is 25.3. The average molecular weight is 302 g/mol. The molecular weight excluding hydrogens is 284 g/mol. The summed E-state index contributed by atoms with van der Waals surface area (Å²) in [5, 5.41) is 5.32. The van der Waals surface area contributed by atoms with Gasteiger partial charge in [-0.2, -0.15) is 0 Å². The SMILES string of the molecule is C[C@H]1[C@@H](NC(=O)CCCc2nccs2)CCS1(=O)=O. The van der Waals surface area contributed by atoms with E-state index in [2.05, 4.69) is 10.3 Å². The number of rotatable bonds is 5. The van der Waals surface area contributed by atoms with Crippen molar-refractivity contribution in [3.8, 4) is 0 Å². The number of aryl methyl sites for hydroxylation is 1. The van der Waals surface area contributed by atoms with Crippen molar-refractivity contribution in [2.75, 3.05) is 5.75 Å². The van der Waals surface area contributed by atoms with Gasteiger partial charge in [0.1, 0.15) is 0 Å². The third kappa shape index (κ3) is 3.76. The molecular formula is C12H18N2O3S2. The van der Waals surface area contributed by atoms with Crippen molar-refractivity contribution >= 4 is 27.1 Å². The lowest BCUT2D eigenvalue weighted by Gasteiger charge is -2.15. The second kappa shape index (κ2) is 6.00. The lowest BCUT2D eigenvalue weighted by Crippen LogP contribution is -2.40. The molecule has 0 spiro atoms. The van der Waals surface area contributed by atoms with Crippen molar-refractivity contribution in [1.29, 1.82) is 0 Å². The molecule has 2 heterocycles. The number of aromatic nitrogens is 1. The molecule has 1 saturated heterocycles. The molecule has 0 unspecified atom stereocenters. The van der Waals surface area contributed by atoms with E-state index in [1.807, 2.05) is 5.38 Å². The maximum atomic E-state index is 11.8. The number of amides is 1. The number of carbonyl (C=O) groups excluding carboxylic acids is 1. The van der Waals surface area contributed by atoms with Gasteiger partial charge >= 0.3 is 0 Å². The highest BCUT2D eigenvalue weighted by molar-refractivity contribution is 7.92. The Morgan fingerprint density at radius 3 is 2.95 bits per heavy atom. The van der Waals surface area contributed by atoms with Crippen LogP contribution in [-0.4, -0.2) is 36.4 Å². The predicted molar refractivity (Wildman–Crippen MR) is 74.8 cm³/mol. The zero-order valence-corrected chi connectivity index (χ0v) is 12.5. The van der Waals surface area contributed by atoms with Crippen LogP contribution in [-0.2, 0) is 21.1 Å². The van der Waals surface area contributed by atoms with Crippen LogP contribution < -0.4 is 5.32 Å². The Morgan fingerprint density at radius 1 is 1.58 bits per heavy atom. The molecule has 1 aromatic rings. The first kappa shape index (κ1) is 14.5. The molecule has 19 heavy (non-hydrogen) atoms. The highest BCUT2D eigenvalue weighted by Crippen LogP contribution is 2.20. The number of nitrogens with zero attached hydrogens (tertiary/aromatic N) is 1. The van der Waals surface area contributed by atoms with Gasteiger partial charge in [-0.15, -0.1) is 11.3 Å². The first-order valence-electron chi connectivity index (χ1n) is 6.38. The number of nitrogens with one attached hydrogen (secondary N) is 1. The molecule has 2 rings (SSSR count). The van der Waals surface area contributed by atoms with E-state index in [-0.39, 0.29) is 17.7 Å². The Kier molecular flexibility index (Phi) is 4.57. The van der Waals surface area contributed by atoms with Crippen LogP contribution in [0.4, 0.5) is 0 Å². The minimum Gasteiger partial charge on any atom is -0.352 e. The number of carbonyl (C=O) groups is 1. The molecule has 0 aromatic carbocycles. The van der Waals surface area contributed by atoms with E-state index in [0.29, 0.717) is 12.8 Å². The highest BCUT2D eigenvalue weighted by Gasteiger charge is 2.37. The molecule has 1 fully saturated rings. The summed E-state index contributed by atoms with van der Waals surface area (Å²) in [4.78, 5) is 15.9. The Labute approximate surface area is 117 Å². The Balaban J connectivity index is 1.73. The Morgan fingerprint density at radius 2 is 2.37 bits per heavy atom. The van der Waals surface area contributed by atoms with Gasteiger partial charge in [0, 0.05) is 24.0 Å². The molecule has 2 atom stereocenters. The van der Waals surface area contributed by atoms with Gasteiger partial charge in [0.15, 0.2) is 9.84 Å². The van der Waals surface area contributed by atoms with Crippen LogP contribution in [0, 0.1) is 0 Å². The third-order valence-corrected chi connectivity index (χ3v) is 6.58. The zero-order valence-electron chi connectivity index (χ0n) is 10.8. The zero-order chi connectivity index (χ0) is 13.9. The largest absolute Gasteiger partial charge is 0.352 e. The molecule has 7 heteroatoms. The maximum absolute atomic E-state index is 11.8. The fraction of sp³-hybridized carbons (Fsp3) is 0.667. The van der Waals surface area contributed by atoms with Gasteiger partial charge in [0.05, 0.1) is 16.0 Å². The van der Waals surface area contributed by atoms with Crippen LogP contribution in [0.2, 0.25) is 0 Å². The molecule has 1 N–H and O–H groups in total. The van der Waals surface area contributed by atoms with Crippen molar-refractivity contribution in [3.05, 3.63) is 16.6 Å². The monoisotopic (exact) mass is 302 g/mol. The van der Waals surface area contributed by atoms with Crippen LogP contribution in [0.25, 0.3) is 0 Å². The van der Waals surface area contributed by atoms with Crippen LogP contribution in [0.5, 0.6) is 0 Å². The van der Waals surface area contributed by atoms with E-state index in [1.54, 1.807) is 24.5 Å². The predicted octanol–water partition coefficient (Wildman–Crippen LogP) is 1.16. The van der Waals surface area contributed by atoms with Crippen molar-refractivity contribution in [1.82, 2.24) is 10.3 Å². The number of hydrogen-bond donors (Lipinski definition) is 1. The number of hydrogen-bond acceptors (Lipinski definition) is 5. The molecule has 0 bridgehead atoms. The van der Waals surface area contributed by atoms with E-state index < -0.39 is 15.1 Å². The smallest absolute Gasteiger partial charge is 0.220 e. The average Bonchev–Trinajstić information content (AvgIpc) is 2.94. The molecule has 0 radical (unpaired) electrons. The summed E-state index contributed by atoms with van der Waals surface area (Å²) < 4.78 is 23.1. The molecule has 106 valence electrons. The van der Waals surface area contributed by atoms with E-state index in [4.69, 9.17) is 0 Å². The minimum absolute atomic E-state index is 0.0643. The van der Waals surface area contributed by atoms with Crippen molar-refractivity contribution < 1.29 is 13.2 Å². The van der Waals surface area contributed by atoms with Gasteiger partial charge in [-0.05, 0) is 26.2 Å². The number of thiazole rings is 1. The molecule has 1 aliphatic rings. The molecule has 0 saturated carbocycles. The first-order chi connectivity index (χ1) is 8.99. The van der Waals surface area contributed by atoms with Gasteiger partial charge in [-0.1, -0.05) is 0 Å². The summed E-state index contributed by atoms with van der Waals surface area (Å²) in [6, 6.07) is -0.225. The second-order valence-corrected chi connectivity index (χ2v) is 8.27. The Bertz CT molecular complexity index is 525. The standard InChI is InChI=1S/C12H18N2O3S2/c1-9-10(5-8-19(9,16)17)14-11(15)3-2-4-12-13-6-7-18-12/h6-7,9-10H,2-5,8H2,1H3,(H,14,15)/t9-,10-/m0/s1. The minimum atomic E-state index is -3.00. The quantitative estimate of drug-likeness (QED) is 0.885. The summed E-state index contributed by atoms with van der Waals surface area (Å²) in [5.74, 6) is 0.114. The van der Waals surface area contributed by atoms with E-state index in [0.717, 1.165) is 17.8 Å². The fourth-order valence-corrected chi connectivity index (χ4v) is 4.53. The molecule has 1 aliphatic heterocycles. The summed E-state index contributed by atoms with van der Waals surface area (Å²) >= 11 is 1.59. The molecule has 1 amide bonds. The van der Waals surface area contributed by atoms with Gasteiger partial charge in [0.2, 0.25) is 5.91 Å². The maximum Gasteiger partial charge on any atom is 0.220 e. The molecule has 1 aromatic heterocycles. The van der Waals surface area contributed by atoms with Crippen LogP contribution in [0.3, 0.4) is 0 Å². The van der Waals surface area contributed by atoms with Crippen molar-refractivity contribution in [2.24, 2.45) is 0 Å². The van der Waals surface area contributed by atoms with Crippen LogP contribution in [0.15, 0.2) is 11.6 Å². The summed E-state index contributed by atoms with van der Waals surface area (Å²) in [6.45, 7) is 1.67. The third-order valence-electron chi connectivity index (χ3n) is 3.47. The van der Waals surface area contributed by atoms with Gasteiger partial charge in [-0.3, -0.25) is 4.79 Å². The van der Waals surface area contributed by atoms with Gasteiger partial charge < -0.3 is 5.32 Å². The lowest BCUT2D eigenvalue weighted by molar-refractivity contribution is -0.121. The summed E-state index contributed by atoms with van der Waals surface area (Å²) in [7, 11) is -3.00. The van der Waals surface area contributed by atoms with Crippen molar-refractivity contribution in [2.45, 2.75) is 43.9 Å². The van der Waals surface area contributed by atoms with E-state index in [1.165, 1.54) is 0 Å². The molecule has 0 aliphatic carbocycles. The first-order valence-corrected chi connectivity index (χ1v) is 8.98. The second-order valence-electron chi connectivity index (χ2n) is 4.81. The summed E-state index contributed by atoms with van der Waals surface area (Å²) in [6.07, 6.45) is 4.24. The topological polar surface area (TPSA) is 76.1 Å². The van der Waals surface area contributed by atoms with Crippen LogP contribution >= 0.6 is 11.3 Å². The lowest BCUT2D eigenvalue weighted by atomic mass is 10.1. The summed E-state index contributed by atoms with van der Waals surface area (Å²) in [5.41, 5.74) is 0. The Hall–Kier alpha value is -0.950. The van der Waals surface area contributed by atoms with Crippen molar-refractivity contribution in [3.63, 3.8) is 0 Å². The van der Waals surface area contributed by atoms with E-state index >= 15 is 0 Å². The number of sulfone groups is 1.